The summed E-state index contributed by atoms with van der Waals surface area (Å²) in [7, 11) is 1.70. The number of nitrogens with one attached hydrogen (secondary N) is 1. The molecule has 1 aromatic heterocycles. The van der Waals surface area contributed by atoms with Gasteiger partial charge in [-0.1, -0.05) is 24.3 Å². The van der Waals surface area contributed by atoms with Crippen molar-refractivity contribution in [1.82, 2.24) is 9.78 Å². The number of rotatable bonds is 2. The molecule has 4 heteroatoms. The van der Waals surface area contributed by atoms with Crippen LogP contribution in [-0.2, 0) is 0 Å². The van der Waals surface area contributed by atoms with Crippen molar-refractivity contribution < 1.29 is 4.74 Å². The monoisotopic (exact) mass is 279 g/mol. The molecule has 1 atom stereocenters. The molecule has 0 radical (unpaired) electrons. The van der Waals surface area contributed by atoms with Gasteiger partial charge in [-0.25, -0.2) is 4.68 Å². The third-order valence-corrected chi connectivity index (χ3v) is 4.09. The van der Waals surface area contributed by atoms with Gasteiger partial charge in [-0.05, 0) is 36.2 Å². The van der Waals surface area contributed by atoms with Crippen molar-refractivity contribution >= 4 is 16.7 Å². The third-order valence-electron chi connectivity index (χ3n) is 4.09. The van der Waals surface area contributed by atoms with E-state index in [1.54, 1.807) is 7.11 Å². The quantitative estimate of drug-likeness (QED) is 0.781. The Morgan fingerprint density at radius 2 is 2.10 bits per heavy atom. The average molecular weight is 279 g/mol. The van der Waals surface area contributed by atoms with Gasteiger partial charge in [0.25, 0.3) is 0 Å². The van der Waals surface area contributed by atoms with E-state index in [0.29, 0.717) is 0 Å². The van der Waals surface area contributed by atoms with Gasteiger partial charge < -0.3 is 10.1 Å². The van der Waals surface area contributed by atoms with Crippen LogP contribution in [-0.4, -0.2) is 23.4 Å². The summed E-state index contributed by atoms with van der Waals surface area (Å²) in [6.45, 7) is 0.956. The Morgan fingerprint density at radius 1 is 1.19 bits per heavy atom. The van der Waals surface area contributed by atoms with Crippen molar-refractivity contribution in [2.45, 2.75) is 12.5 Å². The summed E-state index contributed by atoms with van der Waals surface area (Å²) in [6, 6.07) is 16.8. The molecule has 4 rings (SSSR count). The van der Waals surface area contributed by atoms with Crippen LogP contribution >= 0.6 is 0 Å². The molecule has 2 heterocycles. The van der Waals surface area contributed by atoms with E-state index in [2.05, 4.69) is 40.3 Å². The summed E-state index contributed by atoms with van der Waals surface area (Å²) in [6.07, 6.45) is 1.02. The van der Waals surface area contributed by atoms with Crippen molar-refractivity contribution in [2.75, 3.05) is 19.0 Å². The molecule has 21 heavy (non-hydrogen) atoms. The Kier molecular flexibility index (Phi) is 2.81. The summed E-state index contributed by atoms with van der Waals surface area (Å²) < 4.78 is 7.46. The SMILES string of the molecule is COc1cccc(C2CCNc3c4ccccc4nn32)c1. The van der Waals surface area contributed by atoms with Crippen molar-refractivity contribution in [3.63, 3.8) is 0 Å². The predicted molar refractivity (Wildman–Crippen MR) is 84.0 cm³/mol. The fourth-order valence-electron chi connectivity index (χ4n) is 3.06. The van der Waals surface area contributed by atoms with Gasteiger partial charge in [-0.3, -0.25) is 0 Å². The highest BCUT2D eigenvalue weighted by molar-refractivity contribution is 5.90. The Morgan fingerprint density at radius 3 is 3.00 bits per heavy atom. The number of benzene rings is 2. The molecule has 0 amide bonds. The van der Waals surface area contributed by atoms with Crippen LogP contribution in [0, 0.1) is 0 Å². The van der Waals surface area contributed by atoms with E-state index in [-0.39, 0.29) is 6.04 Å². The van der Waals surface area contributed by atoms with Gasteiger partial charge in [0.2, 0.25) is 0 Å². The van der Waals surface area contributed by atoms with E-state index in [9.17, 15) is 0 Å². The molecular weight excluding hydrogens is 262 g/mol. The first-order chi connectivity index (χ1) is 10.4. The Bertz CT molecular complexity index is 794. The average Bonchev–Trinajstić information content (AvgIpc) is 2.93. The molecule has 1 aliphatic rings. The summed E-state index contributed by atoms with van der Waals surface area (Å²) in [4.78, 5) is 0. The highest BCUT2D eigenvalue weighted by atomic mass is 16.5. The van der Waals surface area contributed by atoms with Gasteiger partial charge in [0.1, 0.15) is 11.6 Å². The van der Waals surface area contributed by atoms with Crippen LogP contribution in [0.4, 0.5) is 5.82 Å². The zero-order valence-corrected chi connectivity index (χ0v) is 11.9. The molecule has 0 saturated heterocycles. The standard InChI is InChI=1S/C17H17N3O/c1-21-13-6-4-5-12(11-13)16-9-10-18-17-14-7-2-3-8-15(14)19-20(16)17/h2-8,11,16,18H,9-10H2,1H3. The predicted octanol–water partition coefficient (Wildman–Crippen LogP) is 3.45. The van der Waals surface area contributed by atoms with E-state index in [4.69, 9.17) is 9.84 Å². The lowest BCUT2D eigenvalue weighted by atomic mass is 10.0. The smallest absolute Gasteiger partial charge is 0.132 e. The fraction of sp³-hybridized carbons (Fsp3) is 0.235. The molecule has 4 nitrogen and oxygen atoms in total. The Labute approximate surface area is 123 Å². The highest BCUT2D eigenvalue weighted by Gasteiger charge is 2.24. The van der Waals surface area contributed by atoms with Crippen molar-refractivity contribution in [1.29, 1.82) is 0 Å². The minimum atomic E-state index is 0.253. The maximum absolute atomic E-state index is 5.35. The third kappa shape index (κ3) is 1.95. The Balaban J connectivity index is 1.86. The molecule has 3 aromatic rings. The van der Waals surface area contributed by atoms with E-state index >= 15 is 0 Å². The normalized spacial score (nSPS) is 17.3. The molecule has 0 aliphatic carbocycles. The lowest BCUT2D eigenvalue weighted by Crippen LogP contribution is -2.24. The molecule has 0 saturated carbocycles. The van der Waals surface area contributed by atoms with Gasteiger partial charge in [0.15, 0.2) is 0 Å². The number of hydrogen-bond acceptors (Lipinski definition) is 3. The summed E-state index contributed by atoms with van der Waals surface area (Å²) in [5, 5.41) is 9.45. The highest BCUT2D eigenvalue weighted by Crippen LogP contribution is 2.35. The van der Waals surface area contributed by atoms with Crippen LogP contribution in [0.3, 0.4) is 0 Å². The number of fused-ring (bicyclic) bond motifs is 3. The topological polar surface area (TPSA) is 39.1 Å². The number of nitrogens with zero attached hydrogens (tertiary/aromatic N) is 2. The maximum Gasteiger partial charge on any atom is 0.132 e. The second-order valence-electron chi connectivity index (χ2n) is 5.32. The van der Waals surface area contributed by atoms with Gasteiger partial charge in [0.05, 0.1) is 18.7 Å². The molecule has 1 N–H and O–H groups in total. The van der Waals surface area contributed by atoms with E-state index in [1.807, 2.05) is 18.2 Å². The minimum absolute atomic E-state index is 0.253. The van der Waals surface area contributed by atoms with Gasteiger partial charge in [-0.15, -0.1) is 0 Å². The Hall–Kier alpha value is -2.49. The van der Waals surface area contributed by atoms with Crippen molar-refractivity contribution in [3.05, 3.63) is 54.1 Å². The second-order valence-corrected chi connectivity index (χ2v) is 5.32. The number of methoxy groups -OCH3 is 1. The number of hydrogen-bond donors (Lipinski definition) is 1. The molecule has 106 valence electrons. The van der Waals surface area contributed by atoms with Gasteiger partial charge >= 0.3 is 0 Å². The van der Waals surface area contributed by atoms with Crippen LogP contribution in [0.15, 0.2) is 48.5 Å². The first kappa shape index (κ1) is 12.3. The molecule has 1 aliphatic heterocycles. The van der Waals surface area contributed by atoms with E-state index in [1.165, 1.54) is 10.9 Å². The summed E-state index contributed by atoms with van der Waals surface area (Å²) in [5.74, 6) is 2.01. The molecule has 0 fully saturated rings. The first-order valence-corrected chi connectivity index (χ1v) is 7.22. The van der Waals surface area contributed by atoms with Gasteiger partial charge in [-0.2, -0.15) is 5.10 Å². The van der Waals surface area contributed by atoms with Crippen LogP contribution in [0.25, 0.3) is 10.9 Å². The zero-order chi connectivity index (χ0) is 14.2. The number of anilines is 1. The molecule has 0 spiro atoms. The molecule has 0 bridgehead atoms. The van der Waals surface area contributed by atoms with Crippen molar-refractivity contribution in [3.8, 4) is 5.75 Å². The van der Waals surface area contributed by atoms with Crippen molar-refractivity contribution in [2.24, 2.45) is 0 Å². The zero-order valence-electron chi connectivity index (χ0n) is 11.9. The van der Waals surface area contributed by atoms with E-state index in [0.717, 1.165) is 30.0 Å². The number of ether oxygens (including phenoxy) is 1. The first-order valence-electron chi connectivity index (χ1n) is 7.22. The molecular formula is C17H17N3O. The summed E-state index contributed by atoms with van der Waals surface area (Å²) >= 11 is 0. The minimum Gasteiger partial charge on any atom is -0.497 e. The van der Waals surface area contributed by atoms with Crippen LogP contribution in [0.2, 0.25) is 0 Å². The molecule has 2 aromatic carbocycles. The second kappa shape index (κ2) is 4.81. The maximum atomic E-state index is 5.35. The number of aromatic nitrogens is 2. The lowest BCUT2D eigenvalue weighted by molar-refractivity contribution is 0.411. The fourth-order valence-corrected chi connectivity index (χ4v) is 3.06. The largest absolute Gasteiger partial charge is 0.497 e. The lowest BCUT2D eigenvalue weighted by Gasteiger charge is -2.26. The van der Waals surface area contributed by atoms with Crippen LogP contribution in [0.5, 0.6) is 5.75 Å². The van der Waals surface area contributed by atoms with Crippen LogP contribution in [0.1, 0.15) is 18.0 Å². The summed E-state index contributed by atoms with van der Waals surface area (Å²) in [5.41, 5.74) is 2.28. The molecule has 1 unspecified atom stereocenters. The van der Waals surface area contributed by atoms with Gasteiger partial charge in [0, 0.05) is 11.9 Å². The van der Waals surface area contributed by atoms with E-state index < -0.39 is 0 Å². The van der Waals surface area contributed by atoms with Crippen LogP contribution < -0.4 is 10.1 Å².